The SMILES string of the molecule is CCCNC(=O)CN(CCC)C(=O)C1CC(=O)N(c2ccc(F)c([N+](=O)[O-])c2)C1. The van der Waals surface area contributed by atoms with E-state index in [0.29, 0.717) is 19.5 Å². The Labute approximate surface area is 168 Å². The van der Waals surface area contributed by atoms with Crippen LogP contribution >= 0.6 is 0 Å². The predicted octanol–water partition coefficient (Wildman–Crippen LogP) is 1.85. The van der Waals surface area contributed by atoms with Crippen LogP contribution in [0.25, 0.3) is 0 Å². The molecule has 0 aromatic heterocycles. The van der Waals surface area contributed by atoms with E-state index in [9.17, 15) is 28.9 Å². The first kappa shape index (κ1) is 22.3. The molecule has 3 amide bonds. The normalized spacial score (nSPS) is 16.0. The molecule has 0 aliphatic carbocycles. The van der Waals surface area contributed by atoms with E-state index in [-0.39, 0.29) is 42.9 Å². The molecule has 1 N–H and O–H groups in total. The topological polar surface area (TPSA) is 113 Å². The molecule has 0 saturated carbocycles. The zero-order chi connectivity index (χ0) is 21.6. The number of carbonyl (C=O) groups excluding carboxylic acids is 3. The number of anilines is 1. The average Bonchev–Trinajstić information content (AvgIpc) is 3.07. The van der Waals surface area contributed by atoms with Crippen LogP contribution in [0.5, 0.6) is 0 Å². The number of nitro groups is 1. The monoisotopic (exact) mass is 408 g/mol. The lowest BCUT2D eigenvalue weighted by Crippen LogP contribution is -2.44. The van der Waals surface area contributed by atoms with Gasteiger partial charge in [-0.2, -0.15) is 4.39 Å². The third kappa shape index (κ3) is 5.49. The third-order valence-corrected chi connectivity index (χ3v) is 4.62. The van der Waals surface area contributed by atoms with Gasteiger partial charge in [0.2, 0.25) is 23.5 Å². The molecular weight excluding hydrogens is 383 g/mol. The van der Waals surface area contributed by atoms with E-state index in [2.05, 4.69) is 5.32 Å². The molecule has 1 aromatic carbocycles. The van der Waals surface area contributed by atoms with E-state index in [1.165, 1.54) is 15.9 Å². The van der Waals surface area contributed by atoms with Crippen LogP contribution < -0.4 is 10.2 Å². The molecule has 1 aromatic rings. The molecule has 1 unspecified atom stereocenters. The van der Waals surface area contributed by atoms with E-state index >= 15 is 0 Å². The van der Waals surface area contributed by atoms with Gasteiger partial charge in [0, 0.05) is 32.1 Å². The summed E-state index contributed by atoms with van der Waals surface area (Å²) >= 11 is 0. The van der Waals surface area contributed by atoms with Crippen LogP contribution in [0, 0.1) is 21.8 Å². The van der Waals surface area contributed by atoms with Crippen molar-refractivity contribution in [2.45, 2.75) is 33.1 Å². The molecule has 0 spiro atoms. The fourth-order valence-corrected chi connectivity index (χ4v) is 3.22. The molecule has 1 fully saturated rings. The van der Waals surface area contributed by atoms with E-state index < -0.39 is 22.3 Å². The molecule has 10 heteroatoms. The highest BCUT2D eigenvalue weighted by molar-refractivity contribution is 6.01. The van der Waals surface area contributed by atoms with E-state index in [1.807, 2.05) is 13.8 Å². The number of hydrogen-bond acceptors (Lipinski definition) is 5. The summed E-state index contributed by atoms with van der Waals surface area (Å²) in [6.45, 7) is 4.65. The fourth-order valence-electron chi connectivity index (χ4n) is 3.22. The second kappa shape index (κ2) is 9.94. The number of hydrogen-bond donors (Lipinski definition) is 1. The second-order valence-electron chi connectivity index (χ2n) is 6.91. The van der Waals surface area contributed by atoms with Crippen molar-refractivity contribution in [1.82, 2.24) is 10.2 Å². The summed E-state index contributed by atoms with van der Waals surface area (Å²) in [4.78, 5) is 50.1. The molecule has 9 nitrogen and oxygen atoms in total. The van der Waals surface area contributed by atoms with Crippen molar-refractivity contribution in [2.24, 2.45) is 5.92 Å². The predicted molar refractivity (Wildman–Crippen MR) is 104 cm³/mol. The van der Waals surface area contributed by atoms with Crippen LogP contribution in [0.1, 0.15) is 33.1 Å². The molecule has 29 heavy (non-hydrogen) atoms. The highest BCUT2D eigenvalue weighted by atomic mass is 19.1. The second-order valence-corrected chi connectivity index (χ2v) is 6.91. The Bertz CT molecular complexity index is 801. The maximum absolute atomic E-state index is 13.6. The van der Waals surface area contributed by atoms with Crippen molar-refractivity contribution in [2.75, 3.05) is 31.1 Å². The lowest BCUT2D eigenvalue weighted by molar-refractivity contribution is -0.387. The van der Waals surface area contributed by atoms with Crippen molar-refractivity contribution in [3.05, 3.63) is 34.1 Å². The zero-order valence-electron chi connectivity index (χ0n) is 16.5. The van der Waals surface area contributed by atoms with Crippen molar-refractivity contribution in [3.8, 4) is 0 Å². The van der Waals surface area contributed by atoms with Gasteiger partial charge in [0.1, 0.15) is 0 Å². The van der Waals surface area contributed by atoms with E-state index in [0.717, 1.165) is 18.6 Å². The van der Waals surface area contributed by atoms with Gasteiger partial charge in [0.05, 0.1) is 23.1 Å². The Hall–Kier alpha value is -3.04. The highest BCUT2D eigenvalue weighted by Gasteiger charge is 2.38. The molecule has 1 saturated heterocycles. The number of carbonyl (C=O) groups is 3. The quantitative estimate of drug-likeness (QED) is 0.495. The molecular formula is C19H25FN4O5. The number of nitrogens with zero attached hydrogens (tertiary/aromatic N) is 3. The molecule has 158 valence electrons. The van der Waals surface area contributed by atoms with Crippen LogP contribution in [-0.2, 0) is 14.4 Å². The summed E-state index contributed by atoms with van der Waals surface area (Å²) < 4.78 is 13.6. The Morgan fingerprint density at radius 3 is 2.69 bits per heavy atom. The molecule has 1 aliphatic rings. The van der Waals surface area contributed by atoms with Crippen molar-refractivity contribution < 1.29 is 23.7 Å². The average molecular weight is 408 g/mol. The first-order valence-electron chi connectivity index (χ1n) is 9.58. The van der Waals surface area contributed by atoms with Crippen molar-refractivity contribution >= 4 is 29.1 Å². The molecule has 1 atom stereocenters. The lowest BCUT2D eigenvalue weighted by atomic mass is 10.1. The van der Waals surface area contributed by atoms with Gasteiger partial charge in [-0.1, -0.05) is 13.8 Å². The minimum atomic E-state index is -0.995. The number of nitrogens with one attached hydrogen (secondary N) is 1. The summed E-state index contributed by atoms with van der Waals surface area (Å²) in [5, 5.41) is 13.7. The van der Waals surface area contributed by atoms with Gasteiger partial charge in [0.15, 0.2) is 0 Å². The summed E-state index contributed by atoms with van der Waals surface area (Å²) in [6, 6.07) is 3.19. The van der Waals surface area contributed by atoms with Gasteiger partial charge in [-0.05, 0) is 25.0 Å². The Balaban J connectivity index is 2.13. The number of halogens is 1. The maximum atomic E-state index is 13.6. The van der Waals surface area contributed by atoms with Crippen LogP contribution in [0.2, 0.25) is 0 Å². The smallest absolute Gasteiger partial charge is 0.306 e. The largest absolute Gasteiger partial charge is 0.355 e. The first-order valence-corrected chi connectivity index (χ1v) is 9.58. The van der Waals surface area contributed by atoms with Crippen LogP contribution in [0.15, 0.2) is 18.2 Å². The van der Waals surface area contributed by atoms with Crippen LogP contribution in [0.3, 0.4) is 0 Å². The first-order chi connectivity index (χ1) is 13.8. The Morgan fingerprint density at radius 1 is 1.34 bits per heavy atom. The molecule has 0 bridgehead atoms. The van der Waals surface area contributed by atoms with Crippen LogP contribution in [0.4, 0.5) is 15.8 Å². The number of benzene rings is 1. The van der Waals surface area contributed by atoms with Gasteiger partial charge in [0.25, 0.3) is 0 Å². The summed E-state index contributed by atoms with van der Waals surface area (Å²) in [7, 11) is 0. The van der Waals surface area contributed by atoms with Crippen molar-refractivity contribution in [1.29, 1.82) is 0 Å². The minimum Gasteiger partial charge on any atom is -0.355 e. The molecule has 0 radical (unpaired) electrons. The number of rotatable bonds is 9. The van der Waals surface area contributed by atoms with Gasteiger partial charge in [-0.25, -0.2) is 0 Å². The highest BCUT2D eigenvalue weighted by Crippen LogP contribution is 2.30. The summed E-state index contributed by atoms with van der Waals surface area (Å²) in [5.74, 6) is -2.62. The van der Waals surface area contributed by atoms with Crippen molar-refractivity contribution in [3.63, 3.8) is 0 Å². The molecule has 1 aliphatic heterocycles. The van der Waals surface area contributed by atoms with Gasteiger partial charge >= 0.3 is 5.69 Å². The Morgan fingerprint density at radius 2 is 2.07 bits per heavy atom. The van der Waals surface area contributed by atoms with Gasteiger partial charge in [-0.15, -0.1) is 0 Å². The molecule has 2 rings (SSSR count). The summed E-state index contributed by atoms with van der Waals surface area (Å²) in [5.41, 5.74) is -0.564. The maximum Gasteiger partial charge on any atom is 0.306 e. The van der Waals surface area contributed by atoms with Crippen LogP contribution in [-0.4, -0.2) is 53.7 Å². The Kier molecular flexibility index (Phi) is 7.63. The fraction of sp³-hybridized carbons (Fsp3) is 0.526. The van der Waals surface area contributed by atoms with E-state index in [1.54, 1.807) is 0 Å². The number of amides is 3. The van der Waals surface area contributed by atoms with Gasteiger partial charge < -0.3 is 15.1 Å². The standard InChI is InChI=1S/C19H25FN4O5/c1-3-7-21-17(25)12-22(8-4-2)19(27)13-9-18(26)23(11-13)14-5-6-15(20)16(10-14)24(28)29/h5-6,10,13H,3-4,7-9,11-12H2,1-2H3,(H,21,25). The summed E-state index contributed by atoms with van der Waals surface area (Å²) in [6.07, 6.45) is 1.37. The third-order valence-electron chi connectivity index (χ3n) is 4.62. The molecule has 1 heterocycles. The van der Waals surface area contributed by atoms with Gasteiger partial charge in [-0.3, -0.25) is 24.5 Å². The minimum absolute atomic E-state index is 0.0250. The number of nitro benzene ring substituents is 1. The lowest BCUT2D eigenvalue weighted by Gasteiger charge is -2.24. The van der Waals surface area contributed by atoms with E-state index in [4.69, 9.17) is 0 Å². The zero-order valence-corrected chi connectivity index (χ0v) is 16.5.